The smallest absolute Gasteiger partial charge is 0.383 e. The maximum atomic E-state index is 14.1. The predicted octanol–water partition coefficient (Wildman–Crippen LogP) is 3.65. The largest absolute Gasteiger partial charge is 0.416 e. The summed E-state index contributed by atoms with van der Waals surface area (Å²) in [4.78, 5) is 26.3. The summed E-state index contributed by atoms with van der Waals surface area (Å²) in [6.45, 7) is 3.84. The van der Waals surface area contributed by atoms with Crippen molar-refractivity contribution in [3.63, 3.8) is 0 Å². The molecule has 0 aliphatic carbocycles. The summed E-state index contributed by atoms with van der Waals surface area (Å²) >= 11 is 0. The van der Waals surface area contributed by atoms with Crippen molar-refractivity contribution in [1.82, 2.24) is 20.0 Å². The topological polar surface area (TPSA) is 76.5 Å². The molecule has 186 valence electrons. The minimum absolute atomic E-state index is 0.0582. The Morgan fingerprint density at radius 1 is 1.17 bits per heavy atom. The average Bonchev–Trinajstić information content (AvgIpc) is 3.19. The van der Waals surface area contributed by atoms with Gasteiger partial charge < -0.3 is 15.0 Å². The molecule has 0 spiro atoms. The molecule has 0 radical (unpaired) electrons. The van der Waals surface area contributed by atoms with Gasteiger partial charge in [-0.15, -0.1) is 0 Å². The zero-order chi connectivity index (χ0) is 25.3. The van der Waals surface area contributed by atoms with E-state index >= 15 is 0 Å². The van der Waals surface area contributed by atoms with Crippen molar-refractivity contribution in [1.29, 1.82) is 0 Å². The van der Waals surface area contributed by atoms with Crippen molar-refractivity contribution < 1.29 is 31.9 Å². The van der Waals surface area contributed by atoms with Gasteiger partial charge >= 0.3 is 6.18 Å². The fraction of sp³-hybridized carbons (Fsp3) is 0.375. The van der Waals surface area contributed by atoms with Crippen molar-refractivity contribution in [2.75, 3.05) is 33.4 Å². The van der Waals surface area contributed by atoms with Gasteiger partial charge in [0, 0.05) is 56.4 Å². The van der Waals surface area contributed by atoms with Crippen molar-refractivity contribution in [2.24, 2.45) is 5.92 Å². The first kappa shape index (κ1) is 24.6. The zero-order valence-electron chi connectivity index (χ0n) is 19.2. The number of hydrogen-bond donors (Lipinski definition) is 1. The molecule has 0 unspecified atom stereocenters. The van der Waals surface area contributed by atoms with Crippen LogP contribution in [0.5, 0.6) is 0 Å². The number of nitrogens with one attached hydrogen (secondary N) is 1. The van der Waals surface area contributed by atoms with Gasteiger partial charge in [0.05, 0.1) is 23.3 Å². The molecule has 7 nitrogen and oxygen atoms in total. The van der Waals surface area contributed by atoms with Crippen LogP contribution in [-0.4, -0.2) is 59.8 Å². The number of rotatable bonds is 7. The lowest BCUT2D eigenvalue weighted by Gasteiger charge is -2.39. The first-order valence-corrected chi connectivity index (χ1v) is 11.0. The van der Waals surface area contributed by atoms with Crippen LogP contribution in [0.3, 0.4) is 0 Å². The molecule has 11 heteroatoms. The van der Waals surface area contributed by atoms with Crippen LogP contribution < -0.4 is 5.32 Å². The molecule has 1 N–H and O–H groups in total. The molecule has 0 bridgehead atoms. The number of halogens is 4. The van der Waals surface area contributed by atoms with E-state index in [-0.39, 0.29) is 17.4 Å². The number of carbonyl (C=O) groups is 2. The van der Waals surface area contributed by atoms with E-state index < -0.39 is 23.5 Å². The monoisotopic (exact) mass is 492 g/mol. The lowest BCUT2D eigenvalue weighted by atomic mass is 9.98. The Kier molecular flexibility index (Phi) is 6.79. The molecule has 2 amide bonds. The quantitative estimate of drug-likeness (QED) is 0.404. The van der Waals surface area contributed by atoms with Gasteiger partial charge in [0.2, 0.25) is 0 Å². The lowest BCUT2D eigenvalue weighted by molar-refractivity contribution is -0.137. The molecule has 4 rings (SSSR count). The summed E-state index contributed by atoms with van der Waals surface area (Å²) in [5, 5.41) is 8.17. The number of fused-ring (bicyclic) bond motifs is 1. The second-order valence-corrected chi connectivity index (χ2v) is 8.54. The fourth-order valence-electron chi connectivity index (χ4n) is 4.13. The highest BCUT2D eigenvalue weighted by molar-refractivity contribution is 6.00. The first-order valence-electron chi connectivity index (χ1n) is 11.0. The van der Waals surface area contributed by atoms with Gasteiger partial charge in [0.15, 0.2) is 0 Å². The Hall–Kier alpha value is -3.47. The molecule has 2 aromatic carbocycles. The van der Waals surface area contributed by atoms with Gasteiger partial charge in [-0.25, -0.2) is 4.39 Å². The molecule has 0 saturated carbocycles. The van der Waals surface area contributed by atoms with Crippen LogP contribution in [0.4, 0.5) is 17.6 Å². The summed E-state index contributed by atoms with van der Waals surface area (Å²) in [5.74, 6) is -1.97. The van der Waals surface area contributed by atoms with E-state index in [1.807, 2.05) is 13.1 Å². The molecule has 3 aromatic rings. The SMILES string of the molecule is COCCNC(=O)c1ccc2nn(CC3CN(C(=O)c4ccc(C(F)(F)F)cc4F)C3)cc2c1C. The molecule has 1 saturated heterocycles. The lowest BCUT2D eigenvalue weighted by Crippen LogP contribution is -2.51. The van der Waals surface area contributed by atoms with Crippen LogP contribution in [-0.2, 0) is 17.5 Å². The summed E-state index contributed by atoms with van der Waals surface area (Å²) in [5.41, 5.74) is 0.562. The maximum Gasteiger partial charge on any atom is 0.416 e. The third kappa shape index (κ3) is 5.14. The first-order chi connectivity index (χ1) is 16.6. The van der Waals surface area contributed by atoms with Crippen LogP contribution in [0, 0.1) is 18.7 Å². The molecular formula is C24H24F4N4O3. The standard InChI is InChI=1S/C24H24F4N4O3/c1-14-17(22(33)29-7-8-35-2)5-6-21-19(14)13-32(30-21)12-15-10-31(11-15)23(34)18-4-3-16(9-20(18)25)24(26,27)28/h3-6,9,13,15H,7-8,10-12H2,1-2H3,(H,29,33). The molecule has 1 fully saturated rings. The normalized spacial score (nSPS) is 14.3. The van der Waals surface area contributed by atoms with E-state index in [9.17, 15) is 27.2 Å². The highest BCUT2D eigenvalue weighted by atomic mass is 19.4. The second-order valence-electron chi connectivity index (χ2n) is 8.54. The van der Waals surface area contributed by atoms with E-state index in [4.69, 9.17) is 4.74 Å². The number of ether oxygens (including phenoxy) is 1. The Labute approximate surface area is 198 Å². The van der Waals surface area contributed by atoms with E-state index in [2.05, 4.69) is 10.4 Å². The summed E-state index contributed by atoms with van der Waals surface area (Å²) in [6, 6.07) is 5.42. The van der Waals surface area contributed by atoms with Gasteiger partial charge in [0.25, 0.3) is 11.8 Å². The Morgan fingerprint density at radius 3 is 2.54 bits per heavy atom. The van der Waals surface area contributed by atoms with Gasteiger partial charge in [-0.3, -0.25) is 14.3 Å². The number of likely N-dealkylation sites (tertiary alicyclic amines) is 1. The molecule has 0 atom stereocenters. The number of aromatic nitrogens is 2. The van der Waals surface area contributed by atoms with Crippen molar-refractivity contribution >= 4 is 22.7 Å². The minimum atomic E-state index is -4.68. The molecule has 1 aliphatic rings. The highest BCUT2D eigenvalue weighted by Gasteiger charge is 2.35. The predicted molar refractivity (Wildman–Crippen MR) is 119 cm³/mol. The molecule has 35 heavy (non-hydrogen) atoms. The number of aryl methyl sites for hydroxylation is 1. The van der Waals surface area contributed by atoms with Gasteiger partial charge in [-0.05, 0) is 42.8 Å². The van der Waals surface area contributed by atoms with Crippen LogP contribution in [0.1, 0.15) is 31.8 Å². The Bertz CT molecular complexity index is 1270. The minimum Gasteiger partial charge on any atom is -0.383 e. The van der Waals surface area contributed by atoms with Crippen molar-refractivity contribution in [3.8, 4) is 0 Å². The van der Waals surface area contributed by atoms with E-state index in [0.717, 1.165) is 22.5 Å². The van der Waals surface area contributed by atoms with Crippen molar-refractivity contribution in [3.05, 3.63) is 64.6 Å². The maximum absolute atomic E-state index is 14.1. The average molecular weight is 492 g/mol. The van der Waals surface area contributed by atoms with Gasteiger partial charge in [-0.1, -0.05) is 0 Å². The van der Waals surface area contributed by atoms with E-state index in [0.29, 0.717) is 50.5 Å². The number of carbonyl (C=O) groups excluding carboxylic acids is 2. The van der Waals surface area contributed by atoms with Crippen LogP contribution in [0.25, 0.3) is 10.9 Å². The van der Waals surface area contributed by atoms with Crippen LogP contribution in [0.2, 0.25) is 0 Å². The number of alkyl halides is 3. The molecule has 2 heterocycles. The molecular weight excluding hydrogens is 468 g/mol. The third-order valence-electron chi connectivity index (χ3n) is 6.06. The summed E-state index contributed by atoms with van der Waals surface area (Å²) in [7, 11) is 1.56. The Balaban J connectivity index is 1.39. The third-order valence-corrected chi connectivity index (χ3v) is 6.06. The van der Waals surface area contributed by atoms with E-state index in [1.54, 1.807) is 23.9 Å². The van der Waals surface area contributed by atoms with Gasteiger partial charge in [0.1, 0.15) is 5.82 Å². The summed E-state index contributed by atoms with van der Waals surface area (Å²) < 4.78 is 59.0. The molecule has 1 aliphatic heterocycles. The number of hydrogen-bond acceptors (Lipinski definition) is 4. The van der Waals surface area contributed by atoms with Crippen molar-refractivity contribution in [2.45, 2.75) is 19.6 Å². The summed E-state index contributed by atoms with van der Waals surface area (Å²) in [6.07, 6.45) is -2.83. The number of amides is 2. The number of benzene rings is 2. The number of methoxy groups -OCH3 is 1. The molecule has 1 aromatic heterocycles. The van der Waals surface area contributed by atoms with Crippen LogP contribution in [0.15, 0.2) is 36.5 Å². The Morgan fingerprint density at radius 2 is 1.89 bits per heavy atom. The zero-order valence-corrected chi connectivity index (χ0v) is 19.2. The fourth-order valence-corrected chi connectivity index (χ4v) is 4.13. The highest BCUT2D eigenvalue weighted by Crippen LogP contribution is 2.31. The van der Waals surface area contributed by atoms with Gasteiger partial charge in [-0.2, -0.15) is 18.3 Å². The van der Waals surface area contributed by atoms with Crippen LogP contribution >= 0.6 is 0 Å². The number of nitrogens with zero attached hydrogens (tertiary/aromatic N) is 3. The second kappa shape index (κ2) is 9.65. The van der Waals surface area contributed by atoms with E-state index in [1.165, 1.54) is 4.90 Å².